The van der Waals surface area contributed by atoms with Crippen LogP contribution in [0.15, 0.2) is 56.5 Å². The van der Waals surface area contributed by atoms with Crippen molar-refractivity contribution in [1.29, 1.82) is 0 Å². The molecule has 2 saturated heterocycles. The van der Waals surface area contributed by atoms with Gasteiger partial charge in [-0.25, -0.2) is 0 Å². The van der Waals surface area contributed by atoms with Crippen molar-refractivity contribution in [2.24, 2.45) is 15.9 Å². The Morgan fingerprint density at radius 1 is 1.34 bits per heavy atom. The minimum absolute atomic E-state index is 0.0262. The molecule has 5 heterocycles. The van der Waals surface area contributed by atoms with Gasteiger partial charge >= 0.3 is 0 Å². The first kappa shape index (κ1) is 21.1. The number of amides is 2. The fraction of sp³-hybridized carbons (Fsp3) is 0.435. The smallest absolute Gasteiger partial charge is 0.245 e. The molecule has 0 saturated carbocycles. The first-order chi connectivity index (χ1) is 15.6. The van der Waals surface area contributed by atoms with Crippen LogP contribution in [-0.2, 0) is 16.1 Å². The molecule has 2 fully saturated rings. The molecule has 166 valence electrons. The Hall–Kier alpha value is -2.81. The van der Waals surface area contributed by atoms with Crippen LogP contribution in [0.3, 0.4) is 0 Å². The molecule has 0 spiro atoms. The lowest BCUT2D eigenvalue weighted by Crippen LogP contribution is -2.49. The zero-order valence-corrected chi connectivity index (χ0v) is 19.2. The van der Waals surface area contributed by atoms with Crippen molar-refractivity contribution in [2.75, 3.05) is 13.1 Å². The number of nitrogens with zero attached hydrogens (tertiary/aromatic N) is 4. The summed E-state index contributed by atoms with van der Waals surface area (Å²) >= 11 is 3.59. The monoisotopic (exact) mass is 496 g/mol. The zero-order chi connectivity index (χ0) is 22.1. The first-order valence-corrected chi connectivity index (χ1v) is 11.8. The van der Waals surface area contributed by atoms with Gasteiger partial charge in [0.15, 0.2) is 0 Å². The summed E-state index contributed by atoms with van der Waals surface area (Å²) in [7, 11) is 0. The number of carbonyl (C=O) groups excluding carboxylic acids is 2. The van der Waals surface area contributed by atoms with Crippen LogP contribution < -0.4 is 10.6 Å². The molecular formula is C23H25BrN6O2. The van der Waals surface area contributed by atoms with Crippen molar-refractivity contribution in [2.45, 2.75) is 44.3 Å². The van der Waals surface area contributed by atoms with Crippen molar-refractivity contribution in [1.82, 2.24) is 20.5 Å². The van der Waals surface area contributed by atoms with E-state index in [-0.39, 0.29) is 29.8 Å². The minimum Gasteiger partial charge on any atom is -0.382 e. The fourth-order valence-corrected chi connectivity index (χ4v) is 5.08. The molecule has 2 amide bonds. The number of likely N-dealkylation sites (tertiary alicyclic amines) is 1. The maximum atomic E-state index is 12.9. The lowest BCUT2D eigenvalue weighted by Gasteiger charge is -2.35. The van der Waals surface area contributed by atoms with Gasteiger partial charge in [-0.1, -0.05) is 6.07 Å². The quantitative estimate of drug-likeness (QED) is 0.651. The number of aromatic nitrogens is 1. The molecule has 1 aromatic rings. The van der Waals surface area contributed by atoms with E-state index in [9.17, 15) is 9.59 Å². The van der Waals surface area contributed by atoms with Crippen molar-refractivity contribution in [3.05, 3.63) is 52.0 Å². The Labute approximate surface area is 195 Å². The van der Waals surface area contributed by atoms with Crippen LogP contribution in [0.4, 0.5) is 0 Å². The van der Waals surface area contributed by atoms with Gasteiger partial charge in [-0.05, 0) is 52.9 Å². The maximum Gasteiger partial charge on any atom is 0.245 e. The normalized spacial score (nSPS) is 27.1. The molecular weight excluding hydrogens is 472 g/mol. The van der Waals surface area contributed by atoms with Crippen molar-refractivity contribution in [3.63, 3.8) is 0 Å². The van der Waals surface area contributed by atoms with Gasteiger partial charge < -0.3 is 15.5 Å². The van der Waals surface area contributed by atoms with Gasteiger partial charge in [0.2, 0.25) is 11.8 Å². The Morgan fingerprint density at radius 2 is 2.25 bits per heavy atom. The zero-order valence-electron chi connectivity index (χ0n) is 17.6. The van der Waals surface area contributed by atoms with Gasteiger partial charge in [-0.15, -0.1) is 0 Å². The number of pyridine rings is 1. The molecule has 4 aliphatic rings. The maximum absolute atomic E-state index is 12.9. The summed E-state index contributed by atoms with van der Waals surface area (Å²) in [4.78, 5) is 40.1. The summed E-state index contributed by atoms with van der Waals surface area (Å²) in [6.07, 6.45) is 10.4. The first-order valence-electron chi connectivity index (χ1n) is 11.0. The van der Waals surface area contributed by atoms with E-state index in [4.69, 9.17) is 4.99 Å². The summed E-state index contributed by atoms with van der Waals surface area (Å²) in [6, 6.07) is 3.44. The number of carbonyl (C=O) groups is 2. The summed E-state index contributed by atoms with van der Waals surface area (Å²) in [6.45, 7) is 2.00. The second kappa shape index (κ2) is 8.97. The Bertz CT molecular complexity index is 1050. The number of halogens is 1. The van der Waals surface area contributed by atoms with Gasteiger partial charge in [-0.3, -0.25) is 24.6 Å². The number of nitrogens with one attached hydrogen (secondary N) is 2. The highest BCUT2D eigenvalue weighted by molar-refractivity contribution is 9.12. The number of rotatable bonds is 5. The van der Waals surface area contributed by atoms with E-state index in [1.165, 1.54) is 0 Å². The number of hydrogen-bond donors (Lipinski definition) is 2. The molecule has 3 unspecified atom stereocenters. The van der Waals surface area contributed by atoms with Gasteiger partial charge in [-0.2, -0.15) is 0 Å². The van der Waals surface area contributed by atoms with Gasteiger partial charge in [0.05, 0.1) is 10.2 Å². The Kier molecular flexibility index (Phi) is 5.91. The van der Waals surface area contributed by atoms with E-state index in [1.54, 1.807) is 6.20 Å². The molecule has 4 aliphatic heterocycles. The molecule has 32 heavy (non-hydrogen) atoms. The van der Waals surface area contributed by atoms with Crippen molar-refractivity contribution < 1.29 is 9.59 Å². The summed E-state index contributed by atoms with van der Waals surface area (Å²) in [5.74, 6) is 0.137. The lowest BCUT2D eigenvalue weighted by molar-refractivity contribution is -0.135. The third-order valence-corrected chi connectivity index (χ3v) is 6.96. The SMILES string of the molecule is O=C1CCC(C(=O)N2CCCC(C3=NC4=C(Br)C=NC4C(NCc4cccnc4)=C3)C2)N1. The topological polar surface area (TPSA) is 99.0 Å². The largest absolute Gasteiger partial charge is 0.382 e. The van der Waals surface area contributed by atoms with E-state index in [0.29, 0.717) is 25.9 Å². The summed E-state index contributed by atoms with van der Waals surface area (Å²) < 4.78 is 0.895. The second-order valence-electron chi connectivity index (χ2n) is 8.55. The van der Waals surface area contributed by atoms with Gasteiger partial charge in [0.25, 0.3) is 0 Å². The molecule has 1 aromatic heterocycles. The number of fused-ring (bicyclic) bond motifs is 1. The summed E-state index contributed by atoms with van der Waals surface area (Å²) in [5, 5.41) is 6.33. The molecule has 0 aliphatic carbocycles. The lowest BCUT2D eigenvalue weighted by atomic mass is 9.89. The average Bonchev–Trinajstić information content (AvgIpc) is 3.43. The van der Waals surface area contributed by atoms with Crippen molar-refractivity contribution >= 4 is 39.7 Å². The van der Waals surface area contributed by atoms with E-state index in [2.05, 4.69) is 42.6 Å². The van der Waals surface area contributed by atoms with Crippen LogP contribution in [0.5, 0.6) is 0 Å². The van der Waals surface area contributed by atoms with Crippen LogP contribution >= 0.6 is 15.9 Å². The standard InChI is InChI=1S/C23H25BrN6O2/c24-16-12-27-22-19(26-11-14-3-1-7-25-10-14)9-18(29-21(16)22)15-4-2-8-30(13-15)23(32)17-5-6-20(31)28-17/h1,3,7,9-10,12,15,17,22,26H,2,4-6,8,11,13H2,(H,28,31). The predicted molar refractivity (Wildman–Crippen MR) is 125 cm³/mol. The highest BCUT2D eigenvalue weighted by Gasteiger charge is 2.36. The predicted octanol–water partition coefficient (Wildman–Crippen LogP) is 2.09. The highest BCUT2D eigenvalue weighted by atomic mass is 79.9. The second-order valence-corrected chi connectivity index (χ2v) is 9.40. The fourth-order valence-electron chi connectivity index (χ4n) is 4.66. The molecule has 5 rings (SSSR count). The van der Waals surface area contributed by atoms with E-state index >= 15 is 0 Å². The summed E-state index contributed by atoms with van der Waals surface area (Å²) in [5.41, 5.74) is 3.98. The molecule has 0 bridgehead atoms. The third kappa shape index (κ3) is 4.26. The molecule has 2 N–H and O–H groups in total. The number of dihydropyridines is 1. The Balaban J connectivity index is 1.33. The van der Waals surface area contributed by atoms with Crippen LogP contribution in [0.1, 0.15) is 31.2 Å². The number of hydrogen-bond acceptors (Lipinski definition) is 6. The molecule has 9 heteroatoms. The third-order valence-electron chi connectivity index (χ3n) is 6.35. The average molecular weight is 497 g/mol. The van der Waals surface area contributed by atoms with Crippen LogP contribution in [0.25, 0.3) is 0 Å². The number of aliphatic imine (C=N–C) groups is 2. The number of allylic oxidation sites excluding steroid dienone is 2. The van der Waals surface area contributed by atoms with E-state index in [1.807, 2.05) is 29.4 Å². The van der Waals surface area contributed by atoms with Crippen molar-refractivity contribution in [3.8, 4) is 0 Å². The van der Waals surface area contributed by atoms with E-state index < -0.39 is 0 Å². The van der Waals surface area contributed by atoms with Gasteiger partial charge in [0.1, 0.15) is 12.1 Å². The van der Waals surface area contributed by atoms with Crippen LogP contribution in [0, 0.1) is 5.92 Å². The van der Waals surface area contributed by atoms with Gasteiger partial charge in [0, 0.05) is 62.0 Å². The minimum atomic E-state index is -0.383. The van der Waals surface area contributed by atoms with Crippen LogP contribution in [-0.4, -0.2) is 58.8 Å². The molecule has 0 radical (unpaired) electrons. The van der Waals surface area contributed by atoms with Crippen LogP contribution in [0.2, 0.25) is 0 Å². The molecule has 3 atom stereocenters. The molecule has 8 nitrogen and oxygen atoms in total. The molecule has 0 aromatic carbocycles. The number of piperidine rings is 1. The Morgan fingerprint density at radius 3 is 3.03 bits per heavy atom. The van der Waals surface area contributed by atoms with E-state index in [0.717, 1.165) is 46.5 Å². The highest BCUT2D eigenvalue weighted by Crippen LogP contribution is 2.33.